The van der Waals surface area contributed by atoms with Crippen LogP contribution in [0.4, 0.5) is 0 Å². The first-order valence-corrected chi connectivity index (χ1v) is 7.83. The fraction of sp³-hybridized carbons (Fsp3) is 0.389. The van der Waals surface area contributed by atoms with Crippen molar-refractivity contribution in [3.05, 3.63) is 53.5 Å². The molecule has 124 valence electrons. The summed E-state index contributed by atoms with van der Waals surface area (Å²) in [4.78, 5) is 11.9. The molecule has 2 rings (SSSR count). The Hall–Kier alpha value is -2.27. The predicted molar refractivity (Wildman–Crippen MR) is 87.7 cm³/mol. The van der Waals surface area contributed by atoms with Gasteiger partial charge in [-0.1, -0.05) is 18.2 Å². The molecular weight excluding hydrogens is 294 g/mol. The molecular formula is C18H23NO4. The molecule has 0 aliphatic heterocycles. The maximum absolute atomic E-state index is 11.9. The van der Waals surface area contributed by atoms with Crippen LogP contribution in [0.3, 0.4) is 0 Å². The molecule has 1 heterocycles. The Labute approximate surface area is 136 Å². The van der Waals surface area contributed by atoms with Crippen LogP contribution < -0.4 is 10.1 Å². The van der Waals surface area contributed by atoms with E-state index < -0.39 is 0 Å². The van der Waals surface area contributed by atoms with Crippen molar-refractivity contribution in [3.8, 4) is 5.75 Å². The van der Waals surface area contributed by atoms with Gasteiger partial charge in [-0.2, -0.15) is 0 Å². The van der Waals surface area contributed by atoms with Gasteiger partial charge in [-0.25, -0.2) is 0 Å². The van der Waals surface area contributed by atoms with Crippen LogP contribution in [0.1, 0.15) is 35.2 Å². The highest BCUT2D eigenvalue weighted by Crippen LogP contribution is 2.18. The van der Waals surface area contributed by atoms with Crippen molar-refractivity contribution in [2.75, 3.05) is 19.8 Å². The zero-order chi connectivity index (χ0) is 16.5. The number of nitrogens with one attached hydrogen (secondary N) is 1. The van der Waals surface area contributed by atoms with E-state index in [4.69, 9.17) is 13.9 Å². The first-order valence-electron chi connectivity index (χ1n) is 7.83. The Morgan fingerprint density at radius 1 is 1.22 bits per heavy atom. The molecule has 0 atom stereocenters. The molecule has 0 spiro atoms. The number of para-hydroxylation sites is 1. The first-order chi connectivity index (χ1) is 11.2. The zero-order valence-electron chi connectivity index (χ0n) is 13.6. The minimum atomic E-state index is -0.219. The van der Waals surface area contributed by atoms with E-state index in [9.17, 15) is 4.79 Å². The lowest BCUT2D eigenvalue weighted by Gasteiger charge is -2.07. The lowest BCUT2D eigenvalue weighted by molar-refractivity contribution is 0.0912. The summed E-state index contributed by atoms with van der Waals surface area (Å²) in [5.74, 6) is 1.51. The van der Waals surface area contributed by atoms with Gasteiger partial charge in [0.05, 0.1) is 0 Å². The van der Waals surface area contributed by atoms with Crippen molar-refractivity contribution in [1.82, 2.24) is 5.32 Å². The fourth-order valence-corrected chi connectivity index (χ4v) is 2.05. The van der Waals surface area contributed by atoms with Gasteiger partial charge in [0, 0.05) is 19.8 Å². The lowest BCUT2D eigenvalue weighted by Crippen LogP contribution is -2.24. The van der Waals surface area contributed by atoms with E-state index in [1.807, 2.05) is 38.1 Å². The third kappa shape index (κ3) is 5.45. The summed E-state index contributed by atoms with van der Waals surface area (Å²) < 4.78 is 16.4. The van der Waals surface area contributed by atoms with E-state index in [0.717, 1.165) is 17.7 Å². The summed E-state index contributed by atoms with van der Waals surface area (Å²) in [5, 5.41) is 2.80. The van der Waals surface area contributed by atoms with Crippen LogP contribution in [0.5, 0.6) is 5.75 Å². The van der Waals surface area contributed by atoms with Crippen molar-refractivity contribution in [1.29, 1.82) is 0 Å². The maximum Gasteiger partial charge on any atom is 0.286 e. The molecule has 0 saturated carbocycles. The van der Waals surface area contributed by atoms with Gasteiger partial charge in [0.15, 0.2) is 5.76 Å². The zero-order valence-corrected chi connectivity index (χ0v) is 13.6. The van der Waals surface area contributed by atoms with Crippen LogP contribution in [-0.4, -0.2) is 25.7 Å². The Morgan fingerprint density at radius 3 is 2.83 bits per heavy atom. The van der Waals surface area contributed by atoms with Crippen molar-refractivity contribution >= 4 is 5.91 Å². The molecule has 1 amide bonds. The number of hydrogen-bond acceptors (Lipinski definition) is 4. The van der Waals surface area contributed by atoms with Gasteiger partial charge >= 0.3 is 0 Å². The largest absolute Gasteiger partial charge is 0.485 e. The van der Waals surface area contributed by atoms with Crippen molar-refractivity contribution < 1.29 is 18.7 Å². The summed E-state index contributed by atoms with van der Waals surface area (Å²) in [6.45, 7) is 6.12. The maximum atomic E-state index is 11.9. The Balaban J connectivity index is 1.78. The molecule has 0 saturated heterocycles. The molecule has 1 N–H and O–H groups in total. The summed E-state index contributed by atoms with van der Waals surface area (Å²) in [6.07, 6.45) is 0.781. The van der Waals surface area contributed by atoms with Gasteiger partial charge < -0.3 is 19.2 Å². The number of benzene rings is 1. The summed E-state index contributed by atoms with van der Waals surface area (Å²) in [5.41, 5.74) is 1.06. The standard InChI is InChI=1S/C18H23NO4/c1-3-21-12-6-11-19-18(20)17-10-9-15(23-17)13-22-16-8-5-4-7-14(16)2/h4-5,7-10H,3,6,11-13H2,1-2H3,(H,19,20). The predicted octanol–water partition coefficient (Wildman–Crippen LogP) is 3.32. The highest BCUT2D eigenvalue weighted by atomic mass is 16.5. The van der Waals surface area contributed by atoms with Gasteiger partial charge in [-0.15, -0.1) is 0 Å². The lowest BCUT2D eigenvalue weighted by atomic mass is 10.2. The molecule has 0 unspecified atom stereocenters. The Morgan fingerprint density at radius 2 is 2.04 bits per heavy atom. The van der Waals surface area contributed by atoms with Crippen LogP contribution in [0.25, 0.3) is 0 Å². The molecule has 0 radical (unpaired) electrons. The summed E-state index contributed by atoms with van der Waals surface area (Å²) in [7, 11) is 0. The average Bonchev–Trinajstić information content (AvgIpc) is 3.03. The Kier molecular flexibility index (Phi) is 6.69. The number of hydrogen-bond donors (Lipinski definition) is 1. The molecule has 0 aliphatic rings. The minimum Gasteiger partial charge on any atom is -0.485 e. The van der Waals surface area contributed by atoms with E-state index in [1.54, 1.807) is 12.1 Å². The van der Waals surface area contributed by atoms with Crippen LogP contribution in [0.2, 0.25) is 0 Å². The van der Waals surface area contributed by atoms with Gasteiger partial charge in [0.1, 0.15) is 18.1 Å². The number of amides is 1. The van der Waals surface area contributed by atoms with Crippen molar-refractivity contribution in [2.45, 2.75) is 26.9 Å². The van der Waals surface area contributed by atoms with Gasteiger partial charge in [0.25, 0.3) is 5.91 Å². The second kappa shape index (κ2) is 9.00. The van der Waals surface area contributed by atoms with Crippen LogP contribution in [0.15, 0.2) is 40.8 Å². The van der Waals surface area contributed by atoms with Crippen LogP contribution in [-0.2, 0) is 11.3 Å². The van der Waals surface area contributed by atoms with E-state index >= 15 is 0 Å². The average molecular weight is 317 g/mol. The van der Waals surface area contributed by atoms with Gasteiger partial charge in [0.2, 0.25) is 0 Å². The van der Waals surface area contributed by atoms with E-state index in [2.05, 4.69) is 5.32 Å². The number of ether oxygens (including phenoxy) is 2. The second-order valence-corrected chi connectivity index (χ2v) is 5.13. The summed E-state index contributed by atoms with van der Waals surface area (Å²) >= 11 is 0. The Bertz CT molecular complexity index is 621. The van der Waals surface area contributed by atoms with Crippen molar-refractivity contribution in [3.63, 3.8) is 0 Å². The van der Waals surface area contributed by atoms with Gasteiger partial charge in [-0.3, -0.25) is 4.79 Å². The van der Waals surface area contributed by atoms with E-state index in [0.29, 0.717) is 37.9 Å². The monoisotopic (exact) mass is 317 g/mol. The molecule has 1 aromatic carbocycles. The molecule has 5 nitrogen and oxygen atoms in total. The van der Waals surface area contributed by atoms with Crippen LogP contribution in [0, 0.1) is 6.92 Å². The number of aryl methyl sites for hydroxylation is 1. The van der Waals surface area contributed by atoms with E-state index in [-0.39, 0.29) is 5.91 Å². The molecule has 5 heteroatoms. The topological polar surface area (TPSA) is 60.7 Å². The molecule has 0 fully saturated rings. The third-order valence-corrected chi connectivity index (χ3v) is 3.30. The van der Waals surface area contributed by atoms with Gasteiger partial charge in [-0.05, 0) is 44.0 Å². The van der Waals surface area contributed by atoms with Crippen molar-refractivity contribution in [2.24, 2.45) is 0 Å². The number of carbonyl (C=O) groups excluding carboxylic acids is 1. The minimum absolute atomic E-state index is 0.219. The smallest absolute Gasteiger partial charge is 0.286 e. The second-order valence-electron chi connectivity index (χ2n) is 5.13. The SMILES string of the molecule is CCOCCCNC(=O)c1ccc(COc2ccccc2C)o1. The normalized spacial score (nSPS) is 10.5. The number of furan rings is 1. The molecule has 23 heavy (non-hydrogen) atoms. The quantitative estimate of drug-likeness (QED) is 0.721. The van der Waals surface area contributed by atoms with Crippen LogP contribution >= 0.6 is 0 Å². The highest BCUT2D eigenvalue weighted by molar-refractivity contribution is 5.91. The number of rotatable bonds is 9. The fourth-order valence-electron chi connectivity index (χ4n) is 2.05. The third-order valence-electron chi connectivity index (χ3n) is 3.30. The highest BCUT2D eigenvalue weighted by Gasteiger charge is 2.11. The molecule has 2 aromatic rings. The number of carbonyl (C=O) groups is 1. The van der Waals surface area contributed by atoms with E-state index in [1.165, 1.54) is 0 Å². The molecule has 1 aromatic heterocycles. The summed E-state index contributed by atoms with van der Waals surface area (Å²) in [6, 6.07) is 11.2. The molecule has 0 bridgehead atoms. The molecule has 0 aliphatic carbocycles. The first kappa shape index (κ1) is 17.1.